The van der Waals surface area contributed by atoms with Gasteiger partial charge >= 0.3 is 0 Å². The van der Waals surface area contributed by atoms with E-state index in [4.69, 9.17) is 0 Å². The highest BCUT2D eigenvalue weighted by Gasteiger charge is 2.25. The largest absolute Gasteiger partial charge is 0.376 e. The molecule has 0 bridgehead atoms. The quantitative estimate of drug-likeness (QED) is 0.681. The van der Waals surface area contributed by atoms with Gasteiger partial charge in [0.15, 0.2) is 0 Å². The summed E-state index contributed by atoms with van der Waals surface area (Å²) in [5.41, 5.74) is 1.27. The highest BCUT2D eigenvalue weighted by Crippen LogP contribution is 2.39. The van der Waals surface area contributed by atoms with Gasteiger partial charge in [0.2, 0.25) is 0 Å². The van der Waals surface area contributed by atoms with Gasteiger partial charge in [-0.1, -0.05) is 43.4 Å². The molecule has 3 atom stereocenters. The van der Waals surface area contributed by atoms with Gasteiger partial charge < -0.3 is 5.32 Å². The first-order chi connectivity index (χ1) is 7.83. The predicted octanol–water partition coefficient (Wildman–Crippen LogP) is 3.70. The molecule has 16 heavy (non-hydrogen) atoms. The van der Waals surface area contributed by atoms with Crippen molar-refractivity contribution in [1.29, 1.82) is 0 Å². The molecule has 82 valence electrons. The number of thioether (sulfide) groups is 1. The Morgan fingerprint density at radius 1 is 1.06 bits per heavy atom. The predicted molar refractivity (Wildman–Crippen MR) is 70.9 cm³/mol. The van der Waals surface area contributed by atoms with Crippen molar-refractivity contribution < 1.29 is 0 Å². The van der Waals surface area contributed by atoms with Crippen LogP contribution in [0.1, 0.15) is 6.92 Å². The van der Waals surface area contributed by atoms with Crippen molar-refractivity contribution in [1.82, 2.24) is 0 Å². The molecule has 0 fully saturated rings. The number of para-hydroxylation sites is 1. The second-order valence-electron chi connectivity index (χ2n) is 4.38. The number of fused-ring (bicyclic) bond motifs is 2. The fraction of sp³-hybridized carbons (Fsp3) is 0.286. The zero-order valence-corrected chi connectivity index (χ0v) is 10.1. The van der Waals surface area contributed by atoms with Crippen LogP contribution in [-0.4, -0.2) is 11.3 Å². The molecule has 1 aromatic rings. The monoisotopic (exact) mass is 229 g/mol. The fourth-order valence-corrected chi connectivity index (χ4v) is 3.31. The summed E-state index contributed by atoms with van der Waals surface area (Å²) in [6.45, 7) is 2.22. The third kappa shape index (κ3) is 1.78. The first-order valence-corrected chi connectivity index (χ1v) is 6.60. The van der Waals surface area contributed by atoms with Gasteiger partial charge in [-0.15, -0.1) is 11.8 Å². The molecule has 0 saturated carbocycles. The minimum absolute atomic E-state index is 0.432. The Hall–Kier alpha value is -1.15. The molecule has 0 radical (unpaired) electrons. The van der Waals surface area contributed by atoms with Crippen LogP contribution in [0.25, 0.3) is 0 Å². The van der Waals surface area contributed by atoms with E-state index in [9.17, 15) is 0 Å². The Kier molecular flexibility index (Phi) is 2.52. The third-order valence-corrected chi connectivity index (χ3v) is 4.39. The van der Waals surface area contributed by atoms with Gasteiger partial charge in [0.05, 0.1) is 11.3 Å². The highest BCUT2D eigenvalue weighted by molar-refractivity contribution is 8.00. The summed E-state index contributed by atoms with van der Waals surface area (Å²) in [7, 11) is 0. The summed E-state index contributed by atoms with van der Waals surface area (Å²) < 4.78 is 0. The lowest BCUT2D eigenvalue weighted by atomic mass is 10.1. The number of hydrogen-bond acceptors (Lipinski definition) is 2. The van der Waals surface area contributed by atoms with Crippen LogP contribution in [0.3, 0.4) is 0 Å². The zero-order chi connectivity index (χ0) is 11.0. The van der Waals surface area contributed by atoms with E-state index in [1.807, 2.05) is 11.8 Å². The van der Waals surface area contributed by atoms with Crippen LogP contribution in [0.15, 0.2) is 53.5 Å². The molecular formula is C14H15NS. The molecule has 0 amide bonds. The Balaban J connectivity index is 1.95. The van der Waals surface area contributed by atoms with Crippen molar-refractivity contribution in [3.63, 3.8) is 0 Å². The SMILES string of the molecule is CC1C=CC2Nc3ccccc3SC2C=C1. The van der Waals surface area contributed by atoms with Gasteiger partial charge in [0.1, 0.15) is 0 Å². The summed E-state index contributed by atoms with van der Waals surface area (Å²) >= 11 is 1.96. The molecular weight excluding hydrogens is 214 g/mol. The first-order valence-electron chi connectivity index (χ1n) is 5.72. The van der Waals surface area contributed by atoms with E-state index in [0.29, 0.717) is 17.2 Å². The van der Waals surface area contributed by atoms with Crippen molar-refractivity contribution in [2.75, 3.05) is 5.32 Å². The van der Waals surface area contributed by atoms with E-state index in [0.717, 1.165) is 0 Å². The summed E-state index contributed by atoms with van der Waals surface area (Å²) in [4.78, 5) is 1.36. The van der Waals surface area contributed by atoms with E-state index >= 15 is 0 Å². The lowest BCUT2D eigenvalue weighted by Gasteiger charge is -2.30. The molecule has 1 nitrogen and oxygen atoms in total. The van der Waals surface area contributed by atoms with Crippen LogP contribution in [0.4, 0.5) is 5.69 Å². The number of nitrogens with one attached hydrogen (secondary N) is 1. The second kappa shape index (κ2) is 4.02. The molecule has 1 N–H and O–H groups in total. The van der Waals surface area contributed by atoms with E-state index in [-0.39, 0.29) is 0 Å². The number of hydrogen-bond donors (Lipinski definition) is 1. The standard InChI is InChI=1S/C14H15NS/c1-10-6-8-12-14(9-7-10)16-13-5-3-2-4-11(13)15-12/h2-10,12,14-15H,1H3. The molecule has 0 spiro atoms. The van der Waals surface area contributed by atoms with Gasteiger partial charge in [-0.05, 0) is 18.1 Å². The molecule has 1 heterocycles. The van der Waals surface area contributed by atoms with Gasteiger partial charge in [-0.3, -0.25) is 0 Å². The van der Waals surface area contributed by atoms with Gasteiger partial charge in [-0.25, -0.2) is 0 Å². The van der Waals surface area contributed by atoms with Gasteiger partial charge in [0, 0.05) is 10.6 Å². The summed E-state index contributed by atoms with van der Waals surface area (Å²) in [5.74, 6) is 0.552. The molecule has 1 aliphatic heterocycles. The zero-order valence-electron chi connectivity index (χ0n) is 9.26. The summed E-state index contributed by atoms with van der Waals surface area (Å²) in [6.07, 6.45) is 9.22. The molecule has 2 aliphatic rings. The molecule has 3 rings (SSSR count). The number of benzene rings is 1. The van der Waals surface area contributed by atoms with Gasteiger partial charge in [0.25, 0.3) is 0 Å². The fourth-order valence-electron chi connectivity index (χ4n) is 2.13. The van der Waals surface area contributed by atoms with Crippen molar-refractivity contribution >= 4 is 17.4 Å². The van der Waals surface area contributed by atoms with E-state index in [2.05, 4.69) is 60.8 Å². The second-order valence-corrected chi connectivity index (χ2v) is 5.60. The Bertz CT molecular complexity index is 409. The van der Waals surface area contributed by atoms with Gasteiger partial charge in [-0.2, -0.15) is 0 Å². The number of anilines is 1. The maximum absolute atomic E-state index is 3.60. The molecule has 3 unspecified atom stereocenters. The molecule has 0 saturated heterocycles. The summed E-state index contributed by atoms with van der Waals surface area (Å²) in [6, 6.07) is 8.97. The Morgan fingerprint density at radius 3 is 2.81 bits per heavy atom. The minimum atomic E-state index is 0.432. The first kappa shape index (κ1) is 10.0. The number of rotatable bonds is 0. The lowest BCUT2D eigenvalue weighted by Crippen LogP contribution is -2.31. The van der Waals surface area contributed by atoms with Crippen LogP contribution >= 0.6 is 11.8 Å². The van der Waals surface area contributed by atoms with Crippen LogP contribution < -0.4 is 5.32 Å². The highest BCUT2D eigenvalue weighted by atomic mass is 32.2. The van der Waals surface area contributed by atoms with E-state index < -0.39 is 0 Å². The normalized spacial score (nSPS) is 31.2. The molecule has 1 aromatic carbocycles. The van der Waals surface area contributed by atoms with Crippen molar-refractivity contribution in [2.45, 2.75) is 23.1 Å². The van der Waals surface area contributed by atoms with Crippen molar-refractivity contribution in [3.8, 4) is 0 Å². The minimum Gasteiger partial charge on any atom is -0.376 e. The van der Waals surface area contributed by atoms with Crippen LogP contribution in [0, 0.1) is 5.92 Å². The Morgan fingerprint density at radius 2 is 1.88 bits per heavy atom. The molecule has 0 aromatic heterocycles. The Labute approximate surface area is 101 Å². The molecule has 2 heteroatoms. The van der Waals surface area contributed by atoms with Crippen LogP contribution in [-0.2, 0) is 0 Å². The smallest absolute Gasteiger partial charge is 0.0602 e. The van der Waals surface area contributed by atoms with Crippen molar-refractivity contribution in [3.05, 3.63) is 48.6 Å². The van der Waals surface area contributed by atoms with E-state index in [1.165, 1.54) is 10.6 Å². The maximum Gasteiger partial charge on any atom is 0.0602 e. The summed E-state index contributed by atoms with van der Waals surface area (Å²) in [5, 5.41) is 4.12. The molecule has 1 aliphatic carbocycles. The van der Waals surface area contributed by atoms with E-state index in [1.54, 1.807) is 0 Å². The van der Waals surface area contributed by atoms with Crippen LogP contribution in [0.2, 0.25) is 0 Å². The van der Waals surface area contributed by atoms with Crippen molar-refractivity contribution in [2.24, 2.45) is 5.92 Å². The lowest BCUT2D eigenvalue weighted by molar-refractivity contribution is 0.891. The topological polar surface area (TPSA) is 12.0 Å². The van der Waals surface area contributed by atoms with Crippen LogP contribution in [0.5, 0.6) is 0 Å². The maximum atomic E-state index is 3.60. The average molecular weight is 229 g/mol. The third-order valence-electron chi connectivity index (χ3n) is 3.05. The number of allylic oxidation sites excluding steroid dienone is 2. The average Bonchev–Trinajstić information content (AvgIpc) is 2.49.